The van der Waals surface area contributed by atoms with Crippen LogP contribution >= 0.6 is 0 Å². The van der Waals surface area contributed by atoms with Crippen LogP contribution < -0.4 is 10.4 Å². The number of hydrogen-bond donors (Lipinski definition) is 0. The van der Waals surface area contributed by atoms with E-state index < -0.39 is 8.07 Å². The Bertz CT molecular complexity index is 1070. The van der Waals surface area contributed by atoms with Crippen molar-refractivity contribution in [3.8, 4) is 11.1 Å². The topological polar surface area (TPSA) is 0 Å². The summed E-state index contributed by atoms with van der Waals surface area (Å²) < 4.78 is 0. The summed E-state index contributed by atoms with van der Waals surface area (Å²) in [6, 6.07) is 21.4. The van der Waals surface area contributed by atoms with Crippen molar-refractivity contribution in [1.29, 1.82) is 0 Å². The predicted molar refractivity (Wildman–Crippen MR) is 146 cm³/mol. The second-order valence-electron chi connectivity index (χ2n) is 10.6. The molecular formula is C31H42Si. The quantitative estimate of drug-likeness (QED) is 0.218. The molecule has 3 aromatic rings. The van der Waals surface area contributed by atoms with Crippen molar-refractivity contribution in [3.63, 3.8) is 0 Å². The Kier molecular flexibility index (Phi) is 6.96. The molecule has 0 atom stereocenters. The molecule has 1 heterocycles. The van der Waals surface area contributed by atoms with Crippen LogP contribution in [0.5, 0.6) is 0 Å². The lowest BCUT2D eigenvalue weighted by atomic mass is 9.71. The minimum Gasteiger partial charge on any atom is -0.0654 e. The van der Waals surface area contributed by atoms with E-state index in [2.05, 4.69) is 88.5 Å². The molecule has 0 N–H and O–H groups in total. The number of benzene rings is 3. The third-order valence-electron chi connectivity index (χ3n) is 8.51. The molecule has 0 fully saturated rings. The molecule has 0 saturated carbocycles. The Morgan fingerprint density at radius 1 is 0.719 bits per heavy atom. The number of unbranched alkanes of at least 4 members (excludes halogenated alkanes) is 5. The van der Waals surface area contributed by atoms with E-state index in [0.717, 1.165) is 0 Å². The van der Waals surface area contributed by atoms with E-state index in [-0.39, 0.29) is 0 Å². The van der Waals surface area contributed by atoms with E-state index >= 15 is 0 Å². The summed E-state index contributed by atoms with van der Waals surface area (Å²) in [6.07, 6.45) is 12.1. The average Bonchev–Trinajstić information content (AvgIpc) is 3.06. The third kappa shape index (κ3) is 3.98. The minimum atomic E-state index is -1.69. The standard InChI is InChI=1S/C31H42Si/c1-6-9-10-11-12-15-22-31(7-2,8-3)25-19-21-29-28(23-25)27-20-18-24-16-13-14-17-26(24)30(27)32(29,4)5/h13-14,16-21,23H,6-12,15,22H2,1-5H3. The zero-order valence-electron chi connectivity index (χ0n) is 21.1. The van der Waals surface area contributed by atoms with Crippen LogP contribution in [0.1, 0.15) is 84.1 Å². The molecule has 3 aromatic carbocycles. The fourth-order valence-electron chi connectivity index (χ4n) is 6.35. The molecule has 0 aromatic heterocycles. The van der Waals surface area contributed by atoms with Crippen molar-refractivity contribution in [2.45, 2.75) is 97.1 Å². The second-order valence-corrected chi connectivity index (χ2v) is 14.9. The van der Waals surface area contributed by atoms with Crippen LogP contribution in [0, 0.1) is 0 Å². The molecule has 4 rings (SSSR count). The highest BCUT2D eigenvalue weighted by Crippen LogP contribution is 2.40. The minimum absolute atomic E-state index is 0.324. The highest BCUT2D eigenvalue weighted by molar-refractivity contribution is 7.05. The lowest BCUT2D eigenvalue weighted by Crippen LogP contribution is -2.49. The number of fused-ring (bicyclic) bond motifs is 5. The van der Waals surface area contributed by atoms with Gasteiger partial charge in [-0.3, -0.25) is 0 Å². The van der Waals surface area contributed by atoms with Gasteiger partial charge in [0.15, 0.2) is 0 Å². The lowest BCUT2D eigenvalue weighted by molar-refractivity contribution is 0.348. The second kappa shape index (κ2) is 9.55. The molecular weight excluding hydrogens is 400 g/mol. The summed E-state index contributed by atoms with van der Waals surface area (Å²) in [5.41, 5.74) is 4.96. The van der Waals surface area contributed by atoms with Gasteiger partial charge in [0.05, 0.1) is 0 Å². The van der Waals surface area contributed by atoms with Gasteiger partial charge in [-0.25, -0.2) is 0 Å². The first-order chi connectivity index (χ1) is 15.5. The van der Waals surface area contributed by atoms with Gasteiger partial charge in [0.25, 0.3) is 0 Å². The van der Waals surface area contributed by atoms with Crippen LogP contribution in [-0.2, 0) is 5.41 Å². The molecule has 0 amide bonds. The largest absolute Gasteiger partial charge is 0.114 e. The molecule has 32 heavy (non-hydrogen) atoms. The molecule has 170 valence electrons. The van der Waals surface area contributed by atoms with Gasteiger partial charge in [-0.05, 0) is 62.5 Å². The summed E-state index contributed by atoms with van der Waals surface area (Å²) >= 11 is 0. The van der Waals surface area contributed by atoms with Crippen molar-refractivity contribution >= 4 is 29.2 Å². The molecule has 1 heteroatoms. The molecule has 0 aliphatic carbocycles. The van der Waals surface area contributed by atoms with Crippen molar-refractivity contribution in [2.75, 3.05) is 0 Å². The van der Waals surface area contributed by atoms with Crippen molar-refractivity contribution in [1.82, 2.24) is 0 Å². The Labute approximate surface area is 197 Å². The Balaban J connectivity index is 1.70. The van der Waals surface area contributed by atoms with Gasteiger partial charge in [0, 0.05) is 0 Å². The molecule has 0 spiro atoms. The van der Waals surface area contributed by atoms with Crippen LogP contribution in [0.2, 0.25) is 13.1 Å². The van der Waals surface area contributed by atoms with E-state index in [4.69, 9.17) is 0 Å². The Morgan fingerprint density at radius 2 is 1.44 bits per heavy atom. The zero-order chi connectivity index (χ0) is 22.8. The maximum Gasteiger partial charge on any atom is 0.114 e. The lowest BCUT2D eigenvalue weighted by Gasteiger charge is -2.33. The molecule has 1 aliphatic rings. The van der Waals surface area contributed by atoms with Gasteiger partial charge in [0.1, 0.15) is 8.07 Å². The highest BCUT2D eigenvalue weighted by Gasteiger charge is 2.40. The molecule has 1 aliphatic heterocycles. The third-order valence-corrected chi connectivity index (χ3v) is 12.1. The van der Waals surface area contributed by atoms with E-state index in [1.165, 1.54) is 79.7 Å². The first-order valence-electron chi connectivity index (χ1n) is 13.2. The number of hydrogen-bond acceptors (Lipinski definition) is 0. The van der Waals surface area contributed by atoms with E-state index in [1.807, 2.05) is 0 Å². The fourth-order valence-corrected chi connectivity index (χ4v) is 9.79. The SMILES string of the molecule is CCCCCCCCC(CC)(CC)c1ccc2c(c1)-c1ccc3ccccc3c1[Si]2(C)C. The van der Waals surface area contributed by atoms with Gasteiger partial charge >= 0.3 is 0 Å². The van der Waals surface area contributed by atoms with Gasteiger partial charge in [-0.15, -0.1) is 0 Å². The Hall–Kier alpha value is -1.86. The van der Waals surface area contributed by atoms with Crippen LogP contribution in [0.4, 0.5) is 0 Å². The maximum atomic E-state index is 2.61. The molecule has 0 radical (unpaired) electrons. The monoisotopic (exact) mass is 442 g/mol. The van der Waals surface area contributed by atoms with E-state index in [1.54, 1.807) is 15.9 Å². The van der Waals surface area contributed by atoms with Crippen molar-refractivity contribution < 1.29 is 0 Å². The first kappa shape index (κ1) is 23.3. The normalized spacial score (nSPS) is 14.5. The summed E-state index contributed by atoms with van der Waals surface area (Å²) in [4.78, 5) is 0. The summed E-state index contributed by atoms with van der Waals surface area (Å²) in [6.45, 7) is 12.2. The summed E-state index contributed by atoms with van der Waals surface area (Å²) in [5.74, 6) is 0. The van der Waals surface area contributed by atoms with Crippen LogP contribution in [-0.4, -0.2) is 8.07 Å². The zero-order valence-corrected chi connectivity index (χ0v) is 22.1. The smallest absolute Gasteiger partial charge is 0.0654 e. The molecule has 0 unspecified atom stereocenters. The maximum absolute atomic E-state index is 2.61. The molecule has 0 bridgehead atoms. The van der Waals surface area contributed by atoms with Crippen molar-refractivity contribution in [2.24, 2.45) is 0 Å². The first-order valence-corrected chi connectivity index (χ1v) is 16.2. The molecule has 0 saturated heterocycles. The molecule has 0 nitrogen and oxygen atoms in total. The van der Waals surface area contributed by atoms with Gasteiger partial charge in [0.2, 0.25) is 0 Å². The van der Waals surface area contributed by atoms with E-state index in [0.29, 0.717) is 5.41 Å². The average molecular weight is 443 g/mol. The number of rotatable bonds is 10. The summed E-state index contributed by atoms with van der Waals surface area (Å²) in [5, 5.41) is 6.15. The van der Waals surface area contributed by atoms with Crippen LogP contribution in [0.15, 0.2) is 54.6 Å². The fraction of sp³-hybridized carbons (Fsp3) is 0.484. The van der Waals surface area contributed by atoms with Gasteiger partial charge in [-0.1, -0.05) is 127 Å². The van der Waals surface area contributed by atoms with Gasteiger partial charge in [-0.2, -0.15) is 0 Å². The van der Waals surface area contributed by atoms with Gasteiger partial charge < -0.3 is 0 Å². The summed E-state index contributed by atoms with van der Waals surface area (Å²) in [7, 11) is -1.69. The van der Waals surface area contributed by atoms with Crippen LogP contribution in [0.3, 0.4) is 0 Å². The Morgan fingerprint density at radius 3 is 2.19 bits per heavy atom. The van der Waals surface area contributed by atoms with Crippen molar-refractivity contribution in [3.05, 3.63) is 60.2 Å². The highest BCUT2D eigenvalue weighted by atomic mass is 28.3. The van der Waals surface area contributed by atoms with E-state index in [9.17, 15) is 0 Å². The predicted octanol–water partition coefficient (Wildman–Crippen LogP) is 8.45. The van der Waals surface area contributed by atoms with Crippen LogP contribution in [0.25, 0.3) is 21.9 Å².